The van der Waals surface area contributed by atoms with E-state index in [9.17, 15) is 19.2 Å². The molecule has 27 heavy (non-hydrogen) atoms. The lowest BCUT2D eigenvalue weighted by Crippen LogP contribution is -2.33. The molecule has 144 valence electrons. The number of amides is 4. The van der Waals surface area contributed by atoms with Crippen LogP contribution in [0.2, 0.25) is 0 Å². The molecule has 3 rings (SSSR count). The van der Waals surface area contributed by atoms with Crippen LogP contribution in [-0.2, 0) is 9.53 Å². The van der Waals surface area contributed by atoms with E-state index in [1.54, 1.807) is 24.3 Å². The quantitative estimate of drug-likeness (QED) is 0.411. The minimum atomic E-state index is -0.440. The topological polar surface area (TPSA) is 105 Å². The van der Waals surface area contributed by atoms with Gasteiger partial charge in [0.25, 0.3) is 11.8 Å². The van der Waals surface area contributed by atoms with Crippen molar-refractivity contribution >= 4 is 23.8 Å². The van der Waals surface area contributed by atoms with E-state index < -0.39 is 17.8 Å². The smallest absolute Gasteiger partial charge is 0.315 e. The Morgan fingerprint density at radius 3 is 2.30 bits per heavy atom. The first-order chi connectivity index (χ1) is 13.0. The molecule has 0 aromatic heterocycles. The molecule has 0 spiro atoms. The van der Waals surface area contributed by atoms with Crippen LogP contribution in [0.1, 0.15) is 59.7 Å². The number of rotatable bonds is 8. The fourth-order valence-corrected chi connectivity index (χ4v) is 3.34. The van der Waals surface area contributed by atoms with Crippen LogP contribution in [0.15, 0.2) is 24.3 Å². The second-order valence-electron chi connectivity index (χ2n) is 6.84. The predicted molar refractivity (Wildman–Crippen MR) is 95.9 cm³/mol. The summed E-state index contributed by atoms with van der Waals surface area (Å²) in [5, 5.41) is 5.66. The third kappa shape index (κ3) is 4.27. The number of hydrogen-bond acceptors (Lipinski definition) is 5. The summed E-state index contributed by atoms with van der Waals surface area (Å²) < 4.78 is 5.09. The highest BCUT2D eigenvalue weighted by Crippen LogP contribution is 2.22. The molecule has 2 N–H and O–H groups in total. The SMILES string of the molecule is C[C@H]1NC(=O)N[C@@H]1CCCCCC(=O)OCN1C(=O)c2ccccc2C1=O. The zero-order valence-corrected chi connectivity index (χ0v) is 15.2. The van der Waals surface area contributed by atoms with Gasteiger partial charge in [-0.25, -0.2) is 9.69 Å². The first-order valence-electron chi connectivity index (χ1n) is 9.15. The van der Waals surface area contributed by atoms with E-state index in [1.807, 2.05) is 6.92 Å². The van der Waals surface area contributed by atoms with Gasteiger partial charge in [-0.05, 0) is 31.9 Å². The lowest BCUT2D eigenvalue weighted by Gasteiger charge is -2.14. The first kappa shape index (κ1) is 18.9. The molecule has 0 radical (unpaired) electrons. The third-order valence-corrected chi connectivity index (χ3v) is 4.91. The molecule has 0 aliphatic carbocycles. The second-order valence-corrected chi connectivity index (χ2v) is 6.84. The molecule has 0 saturated carbocycles. The number of fused-ring (bicyclic) bond motifs is 1. The normalized spacial score (nSPS) is 21.1. The summed E-state index contributed by atoms with van der Waals surface area (Å²) in [5.74, 6) is -1.31. The zero-order valence-electron chi connectivity index (χ0n) is 15.2. The highest BCUT2D eigenvalue weighted by Gasteiger charge is 2.35. The van der Waals surface area contributed by atoms with Gasteiger partial charge in [-0.1, -0.05) is 25.0 Å². The van der Waals surface area contributed by atoms with Crippen LogP contribution in [0, 0.1) is 0 Å². The third-order valence-electron chi connectivity index (χ3n) is 4.91. The summed E-state index contributed by atoms with van der Waals surface area (Å²) in [6.07, 6.45) is 3.46. The summed E-state index contributed by atoms with van der Waals surface area (Å²) in [5.41, 5.74) is 0.669. The number of nitrogens with one attached hydrogen (secondary N) is 2. The van der Waals surface area contributed by atoms with Gasteiger partial charge in [-0.2, -0.15) is 0 Å². The number of esters is 1. The molecule has 2 atom stereocenters. The van der Waals surface area contributed by atoms with Crippen molar-refractivity contribution in [2.24, 2.45) is 0 Å². The van der Waals surface area contributed by atoms with Crippen molar-refractivity contribution in [2.75, 3.05) is 6.73 Å². The lowest BCUT2D eigenvalue weighted by molar-refractivity contribution is -0.146. The second kappa shape index (κ2) is 8.20. The predicted octanol–water partition coefficient (Wildman–Crippen LogP) is 1.80. The van der Waals surface area contributed by atoms with Crippen molar-refractivity contribution in [3.63, 3.8) is 0 Å². The zero-order chi connectivity index (χ0) is 19.4. The van der Waals surface area contributed by atoms with Gasteiger partial charge in [0.05, 0.1) is 17.2 Å². The Hall–Kier alpha value is -2.90. The highest BCUT2D eigenvalue weighted by atomic mass is 16.5. The average Bonchev–Trinajstić information content (AvgIpc) is 3.09. The average molecular weight is 373 g/mol. The van der Waals surface area contributed by atoms with Crippen LogP contribution < -0.4 is 10.6 Å². The number of carbonyl (C=O) groups excluding carboxylic acids is 4. The monoisotopic (exact) mass is 373 g/mol. The highest BCUT2D eigenvalue weighted by molar-refractivity contribution is 6.21. The minimum Gasteiger partial charge on any atom is -0.444 e. The number of imide groups is 1. The van der Waals surface area contributed by atoms with Crippen LogP contribution in [-0.4, -0.2) is 47.5 Å². The number of carbonyl (C=O) groups is 4. The summed E-state index contributed by atoms with van der Waals surface area (Å²) in [4.78, 5) is 48.4. The standard InChI is InChI=1S/C19H23N3O5/c1-12-15(21-19(26)20-12)9-3-2-4-10-16(23)27-11-22-17(24)13-7-5-6-8-14(13)18(22)25/h5-8,12,15H,2-4,9-11H2,1H3,(H2,20,21,26)/t12-,15-/m1/s1. The maximum Gasteiger partial charge on any atom is 0.315 e. The fraction of sp³-hybridized carbons (Fsp3) is 0.474. The Morgan fingerprint density at radius 1 is 1.04 bits per heavy atom. The Morgan fingerprint density at radius 2 is 1.70 bits per heavy atom. The van der Waals surface area contributed by atoms with Gasteiger partial charge >= 0.3 is 12.0 Å². The Labute approximate surface area is 157 Å². The number of hydrogen-bond donors (Lipinski definition) is 2. The van der Waals surface area contributed by atoms with Gasteiger partial charge in [-0.15, -0.1) is 0 Å². The van der Waals surface area contributed by atoms with E-state index in [1.165, 1.54) is 0 Å². The van der Waals surface area contributed by atoms with E-state index in [4.69, 9.17) is 4.74 Å². The molecule has 1 fully saturated rings. The molecule has 2 heterocycles. The first-order valence-corrected chi connectivity index (χ1v) is 9.15. The summed E-state index contributed by atoms with van der Waals surface area (Å²) in [7, 11) is 0. The number of benzene rings is 1. The van der Waals surface area contributed by atoms with E-state index in [0.717, 1.165) is 24.2 Å². The van der Waals surface area contributed by atoms with Crippen LogP contribution in [0.4, 0.5) is 4.79 Å². The van der Waals surface area contributed by atoms with Crippen molar-refractivity contribution < 1.29 is 23.9 Å². The molecule has 1 aromatic carbocycles. The number of nitrogens with zero attached hydrogens (tertiary/aromatic N) is 1. The Bertz CT molecular complexity index is 728. The van der Waals surface area contributed by atoms with Crippen LogP contribution >= 0.6 is 0 Å². The number of ether oxygens (including phenoxy) is 1. The lowest BCUT2D eigenvalue weighted by atomic mass is 10.0. The largest absolute Gasteiger partial charge is 0.444 e. The molecule has 2 aliphatic rings. The van der Waals surface area contributed by atoms with E-state index in [0.29, 0.717) is 17.5 Å². The van der Waals surface area contributed by atoms with Crippen LogP contribution in [0.25, 0.3) is 0 Å². The Balaban J connectivity index is 1.33. The number of urea groups is 1. The van der Waals surface area contributed by atoms with Gasteiger partial charge < -0.3 is 15.4 Å². The fourth-order valence-electron chi connectivity index (χ4n) is 3.34. The van der Waals surface area contributed by atoms with Gasteiger partial charge in [0, 0.05) is 12.5 Å². The molecule has 0 unspecified atom stereocenters. The molecule has 1 saturated heterocycles. The van der Waals surface area contributed by atoms with Crippen molar-refractivity contribution in [3.8, 4) is 0 Å². The van der Waals surface area contributed by atoms with Gasteiger partial charge in [0.15, 0.2) is 6.73 Å². The summed E-state index contributed by atoms with van der Waals surface area (Å²) in [6.45, 7) is 1.60. The van der Waals surface area contributed by atoms with E-state index in [-0.39, 0.29) is 31.3 Å². The molecule has 0 bridgehead atoms. The van der Waals surface area contributed by atoms with Gasteiger partial charge in [-0.3, -0.25) is 14.4 Å². The van der Waals surface area contributed by atoms with E-state index >= 15 is 0 Å². The van der Waals surface area contributed by atoms with Crippen LogP contribution in [0.5, 0.6) is 0 Å². The van der Waals surface area contributed by atoms with Crippen molar-refractivity contribution in [3.05, 3.63) is 35.4 Å². The van der Waals surface area contributed by atoms with E-state index in [2.05, 4.69) is 10.6 Å². The molecule has 4 amide bonds. The molecule has 2 aliphatic heterocycles. The molecule has 8 heteroatoms. The van der Waals surface area contributed by atoms with Crippen molar-refractivity contribution in [2.45, 2.75) is 51.1 Å². The van der Waals surface area contributed by atoms with Crippen LogP contribution in [0.3, 0.4) is 0 Å². The number of unbranched alkanes of at least 4 members (excludes halogenated alkanes) is 2. The molecule has 8 nitrogen and oxygen atoms in total. The maximum atomic E-state index is 12.2. The summed E-state index contributed by atoms with van der Waals surface area (Å²) in [6, 6.07) is 6.64. The maximum absolute atomic E-state index is 12.2. The Kier molecular flexibility index (Phi) is 5.73. The molecular formula is C19H23N3O5. The van der Waals surface area contributed by atoms with Crippen molar-refractivity contribution in [1.29, 1.82) is 0 Å². The molecule has 1 aromatic rings. The molecular weight excluding hydrogens is 350 g/mol. The van der Waals surface area contributed by atoms with Gasteiger partial charge in [0.2, 0.25) is 0 Å². The minimum absolute atomic E-state index is 0.113. The summed E-state index contributed by atoms with van der Waals surface area (Å²) >= 11 is 0. The van der Waals surface area contributed by atoms with Crippen molar-refractivity contribution in [1.82, 2.24) is 15.5 Å². The van der Waals surface area contributed by atoms with Gasteiger partial charge in [0.1, 0.15) is 0 Å².